The molecule has 13 heavy (non-hydrogen) atoms. The van der Waals surface area contributed by atoms with Crippen molar-refractivity contribution in [3.05, 3.63) is 30.3 Å². The van der Waals surface area contributed by atoms with Gasteiger partial charge in [0.15, 0.2) is 0 Å². The minimum absolute atomic E-state index is 0.296. The fraction of sp³-hybridized carbons (Fsp3) is 0.222. The van der Waals surface area contributed by atoms with E-state index >= 15 is 0 Å². The number of ether oxygens (including phenoxy) is 1. The van der Waals surface area contributed by atoms with Crippen LogP contribution < -0.4 is 4.74 Å². The van der Waals surface area contributed by atoms with Crippen LogP contribution in [0.15, 0.2) is 30.3 Å². The van der Waals surface area contributed by atoms with E-state index in [-0.39, 0.29) is 0 Å². The predicted molar refractivity (Wildman–Crippen MR) is 45.2 cm³/mol. The molecule has 0 aromatic heterocycles. The maximum atomic E-state index is 10.8. The van der Waals surface area contributed by atoms with Crippen LogP contribution in [0, 0.1) is 0 Å². The first-order valence-corrected chi connectivity index (χ1v) is 3.89. The normalized spacial score (nSPS) is 9.31. The maximum Gasteiger partial charge on any atom is 0.546 e. The first-order chi connectivity index (χ1) is 6.33. The summed E-state index contributed by atoms with van der Waals surface area (Å²) in [7, 11) is 0. The molecule has 0 aliphatic carbocycles. The highest BCUT2D eigenvalue weighted by atomic mass is 17.2. The molecule has 0 aliphatic rings. The third kappa shape index (κ3) is 3.57. The molecule has 1 rings (SSSR count). The minimum atomic E-state index is -0.868. The zero-order valence-electron chi connectivity index (χ0n) is 7.23. The highest BCUT2D eigenvalue weighted by Gasteiger charge is 2.05. The first-order valence-electron chi connectivity index (χ1n) is 3.89. The highest BCUT2D eigenvalue weighted by Crippen LogP contribution is 2.08. The van der Waals surface area contributed by atoms with Crippen molar-refractivity contribution in [1.29, 1.82) is 0 Å². The Morgan fingerprint density at radius 2 is 2.00 bits per heavy atom. The molecule has 0 spiro atoms. The Balaban J connectivity index is 2.37. The van der Waals surface area contributed by atoms with Gasteiger partial charge in [0.05, 0.1) is 6.61 Å². The van der Waals surface area contributed by atoms with Gasteiger partial charge in [-0.05, 0) is 19.1 Å². The Kier molecular flexibility index (Phi) is 3.78. The van der Waals surface area contributed by atoms with Crippen LogP contribution in [-0.2, 0) is 9.78 Å². The van der Waals surface area contributed by atoms with E-state index in [0.29, 0.717) is 12.4 Å². The van der Waals surface area contributed by atoms with Crippen molar-refractivity contribution >= 4 is 6.16 Å². The standard InChI is InChI=1S/C9H10O4/c1-2-11-13-9(10)12-8-6-4-3-5-7-8/h3-7H,2H2,1H3. The van der Waals surface area contributed by atoms with Gasteiger partial charge in [-0.2, -0.15) is 4.89 Å². The molecule has 70 valence electrons. The summed E-state index contributed by atoms with van der Waals surface area (Å²) in [5, 5.41) is 0. The lowest BCUT2D eigenvalue weighted by molar-refractivity contribution is -0.244. The molecule has 0 N–H and O–H groups in total. The van der Waals surface area contributed by atoms with Crippen molar-refractivity contribution in [2.24, 2.45) is 0 Å². The highest BCUT2D eigenvalue weighted by molar-refractivity contribution is 5.62. The van der Waals surface area contributed by atoms with E-state index in [0.717, 1.165) is 0 Å². The molecule has 1 aromatic rings. The van der Waals surface area contributed by atoms with Crippen LogP contribution in [-0.4, -0.2) is 12.8 Å². The minimum Gasteiger partial charge on any atom is -0.393 e. The molecule has 0 saturated carbocycles. The van der Waals surface area contributed by atoms with E-state index < -0.39 is 6.16 Å². The van der Waals surface area contributed by atoms with Gasteiger partial charge in [0.1, 0.15) is 5.75 Å². The Morgan fingerprint density at radius 1 is 1.31 bits per heavy atom. The number of rotatable bonds is 3. The second-order valence-corrected chi connectivity index (χ2v) is 2.15. The molecular formula is C9H10O4. The van der Waals surface area contributed by atoms with Crippen molar-refractivity contribution in [3.8, 4) is 5.75 Å². The number of carbonyl (C=O) groups is 1. The molecule has 1 aromatic carbocycles. The van der Waals surface area contributed by atoms with Gasteiger partial charge in [0, 0.05) is 0 Å². The van der Waals surface area contributed by atoms with Crippen molar-refractivity contribution in [1.82, 2.24) is 0 Å². The van der Waals surface area contributed by atoms with E-state index in [1.54, 1.807) is 31.2 Å². The van der Waals surface area contributed by atoms with Crippen LogP contribution in [0.2, 0.25) is 0 Å². The van der Waals surface area contributed by atoms with Crippen LogP contribution >= 0.6 is 0 Å². The SMILES string of the molecule is CCOOC(=O)Oc1ccccc1. The molecule has 0 aliphatic heterocycles. The summed E-state index contributed by atoms with van der Waals surface area (Å²) in [5.41, 5.74) is 0. The van der Waals surface area contributed by atoms with Crippen LogP contribution in [0.4, 0.5) is 4.79 Å². The number of carbonyl (C=O) groups excluding carboxylic acids is 1. The number of para-hydroxylation sites is 1. The lowest BCUT2D eigenvalue weighted by Gasteiger charge is -2.02. The second-order valence-electron chi connectivity index (χ2n) is 2.15. The van der Waals surface area contributed by atoms with Gasteiger partial charge in [0.2, 0.25) is 0 Å². The van der Waals surface area contributed by atoms with Gasteiger partial charge in [-0.15, -0.1) is 0 Å². The molecule has 0 radical (unpaired) electrons. The lowest BCUT2D eigenvalue weighted by Crippen LogP contribution is -2.10. The summed E-state index contributed by atoms with van der Waals surface area (Å²) >= 11 is 0. The van der Waals surface area contributed by atoms with Crippen molar-refractivity contribution in [2.75, 3.05) is 6.61 Å². The number of hydrogen-bond donors (Lipinski definition) is 0. The van der Waals surface area contributed by atoms with Crippen molar-refractivity contribution in [3.63, 3.8) is 0 Å². The fourth-order valence-electron chi connectivity index (χ4n) is 0.709. The van der Waals surface area contributed by atoms with Gasteiger partial charge in [0.25, 0.3) is 0 Å². The first kappa shape index (κ1) is 9.54. The van der Waals surface area contributed by atoms with Crippen LogP contribution in [0.1, 0.15) is 6.92 Å². The zero-order chi connectivity index (χ0) is 9.52. The molecule has 0 unspecified atom stereocenters. The third-order valence-corrected chi connectivity index (χ3v) is 1.19. The Bertz CT molecular complexity index is 258. The molecule has 4 nitrogen and oxygen atoms in total. The van der Waals surface area contributed by atoms with E-state index in [9.17, 15) is 4.79 Å². The van der Waals surface area contributed by atoms with E-state index in [1.165, 1.54) is 0 Å². The Labute approximate surface area is 76.0 Å². The quantitative estimate of drug-likeness (QED) is 0.311. The summed E-state index contributed by atoms with van der Waals surface area (Å²) in [6, 6.07) is 8.62. The average molecular weight is 182 g/mol. The molecule has 4 heteroatoms. The molecular weight excluding hydrogens is 172 g/mol. The fourth-order valence-corrected chi connectivity index (χ4v) is 0.709. The largest absolute Gasteiger partial charge is 0.546 e. The molecule has 0 atom stereocenters. The number of benzene rings is 1. The van der Waals surface area contributed by atoms with Gasteiger partial charge in [-0.3, -0.25) is 4.89 Å². The maximum absolute atomic E-state index is 10.8. The molecule has 0 saturated heterocycles. The Morgan fingerprint density at radius 3 is 2.62 bits per heavy atom. The summed E-state index contributed by atoms with van der Waals surface area (Å²) in [5.74, 6) is 0.423. The number of hydrogen-bond acceptors (Lipinski definition) is 4. The van der Waals surface area contributed by atoms with Crippen LogP contribution in [0.3, 0.4) is 0 Å². The molecule has 0 amide bonds. The summed E-state index contributed by atoms with van der Waals surface area (Å²) in [4.78, 5) is 19.4. The van der Waals surface area contributed by atoms with Crippen LogP contribution in [0.25, 0.3) is 0 Å². The monoisotopic (exact) mass is 182 g/mol. The summed E-state index contributed by atoms with van der Waals surface area (Å²) < 4.78 is 4.73. The van der Waals surface area contributed by atoms with Crippen LogP contribution in [0.5, 0.6) is 5.75 Å². The van der Waals surface area contributed by atoms with E-state index in [2.05, 4.69) is 9.78 Å². The molecule has 0 bridgehead atoms. The zero-order valence-corrected chi connectivity index (χ0v) is 7.23. The Hall–Kier alpha value is -1.55. The lowest BCUT2D eigenvalue weighted by atomic mass is 10.3. The molecule has 0 heterocycles. The van der Waals surface area contributed by atoms with Crippen molar-refractivity contribution < 1.29 is 19.3 Å². The van der Waals surface area contributed by atoms with Gasteiger partial charge < -0.3 is 4.74 Å². The van der Waals surface area contributed by atoms with Gasteiger partial charge in [-0.25, -0.2) is 4.79 Å². The third-order valence-electron chi connectivity index (χ3n) is 1.19. The average Bonchev–Trinajstić information content (AvgIpc) is 2.16. The topological polar surface area (TPSA) is 44.8 Å². The predicted octanol–water partition coefficient (Wildman–Crippen LogP) is 2.15. The molecule has 0 fully saturated rings. The summed E-state index contributed by atoms with van der Waals surface area (Å²) in [6.07, 6.45) is -0.868. The second kappa shape index (κ2) is 5.16. The van der Waals surface area contributed by atoms with Crippen molar-refractivity contribution in [2.45, 2.75) is 6.92 Å². The summed E-state index contributed by atoms with van der Waals surface area (Å²) in [6.45, 7) is 2.00. The van der Waals surface area contributed by atoms with Gasteiger partial charge in [-0.1, -0.05) is 18.2 Å². The van der Waals surface area contributed by atoms with E-state index in [4.69, 9.17) is 4.74 Å². The smallest absolute Gasteiger partial charge is 0.393 e. The van der Waals surface area contributed by atoms with E-state index in [1.807, 2.05) is 6.07 Å². The van der Waals surface area contributed by atoms with Gasteiger partial charge >= 0.3 is 6.16 Å².